The number of thioether (sulfide) groups is 1. The van der Waals surface area contributed by atoms with Crippen LogP contribution in [0.15, 0.2) is 24.3 Å². The molecule has 0 spiro atoms. The zero-order chi connectivity index (χ0) is 13.2. The van der Waals surface area contributed by atoms with Crippen LogP contribution in [-0.4, -0.2) is 17.5 Å². The fourth-order valence-electron chi connectivity index (χ4n) is 1.98. The van der Waals surface area contributed by atoms with E-state index >= 15 is 0 Å². The third kappa shape index (κ3) is 3.42. The van der Waals surface area contributed by atoms with Gasteiger partial charge in [0, 0.05) is 17.0 Å². The van der Waals surface area contributed by atoms with Crippen molar-refractivity contribution in [2.45, 2.75) is 30.8 Å². The molecule has 2 atom stereocenters. The molecule has 1 aliphatic heterocycles. The first kappa shape index (κ1) is 13.7. The third-order valence-corrected chi connectivity index (χ3v) is 4.46. The summed E-state index contributed by atoms with van der Waals surface area (Å²) in [5, 5.41) is 3.99. The number of hydrogen-bond acceptors (Lipinski definition) is 2. The molecular formula is C13H16F3NS. The van der Waals surface area contributed by atoms with Crippen LogP contribution < -0.4 is 5.32 Å². The molecule has 5 heteroatoms. The van der Waals surface area contributed by atoms with Crippen LogP contribution in [0.3, 0.4) is 0 Å². The maximum Gasteiger partial charge on any atom is 0.416 e. The van der Waals surface area contributed by atoms with Crippen molar-refractivity contribution in [3.8, 4) is 0 Å². The predicted molar refractivity (Wildman–Crippen MR) is 68.7 cm³/mol. The van der Waals surface area contributed by atoms with E-state index in [1.807, 2.05) is 11.8 Å². The molecule has 100 valence electrons. The fourth-order valence-corrected chi connectivity index (χ4v) is 3.10. The molecule has 1 saturated heterocycles. The van der Waals surface area contributed by atoms with E-state index in [4.69, 9.17) is 0 Å². The number of hydrogen-bond donors (Lipinski definition) is 1. The number of nitrogens with one attached hydrogen (secondary N) is 1. The van der Waals surface area contributed by atoms with E-state index in [-0.39, 0.29) is 6.04 Å². The van der Waals surface area contributed by atoms with E-state index in [0.717, 1.165) is 36.4 Å². The first-order valence-electron chi connectivity index (χ1n) is 5.99. The second kappa shape index (κ2) is 5.53. The van der Waals surface area contributed by atoms with Gasteiger partial charge in [-0.3, -0.25) is 0 Å². The minimum absolute atomic E-state index is 0.155. The Hall–Kier alpha value is -0.680. The van der Waals surface area contributed by atoms with Crippen molar-refractivity contribution >= 4 is 11.8 Å². The first-order chi connectivity index (χ1) is 8.47. The molecule has 0 saturated carbocycles. The minimum atomic E-state index is -4.25. The van der Waals surface area contributed by atoms with Gasteiger partial charge in [-0.15, -0.1) is 0 Å². The van der Waals surface area contributed by atoms with Crippen molar-refractivity contribution in [1.29, 1.82) is 0 Å². The van der Waals surface area contributed by atoms with E-state index in [0.29, 0.717) is 5.25 Å². The summed E-state index contributed by atoms with van der Waals surface area (Å²) in [6.07, 6.45) is -3.15. The van der Waals surface area contributed by atoms with Gasteiger partial charge in [0.05, 0.1) is 5.56 Å². The third-order valence-electron chi connectivity index (χ3n) is 3.13. The lowest BCUT2D eigenvalue weighted by Crippen LogP contribution is -2.22. The number of benzene rings is 1. The van der Waals surface area contributed by atoms with Gasteiger partial charge in [0.1, 0.15) is 0 Å². The van der Waals surface area contributed by atoms with Crippen LogP contribution in [0.5, 0.6) is 0 Å². The zero-order valence-corrected chi connectivity index (χ0v) is 10.9. The summed E-state index contributed by atoms with van der Waals surface area (Å²) in [6.45, 7) is 3.10. The molecule has 0 radical (unpaired) electrons. The Bertz CT molecular complexity index is 388. The summed E-state index contributed by atoms with van der Waals surface area (Å²) < 4.78 is 37.4. The Morgan fingerprint density at radius 1 is 1.22 bits per heavy atom. The second-order valence-corrected chi connectivity index (χ2v) is 6.03. The van der Waals surface area contributed by atoms with Gasteiger partial charge < -0.3 is 5.32 Å². The van der Waals surface area contributed by atoms with E-state index in [9.17, 15) is 13.2 Å². The molecule has 1 fully saturated rings. The molecule has 2 unspecified atom stereocenters. The topological polar surface area (TPSA) is 12.0 Å². The summed E-state index contributed by atoms with van der Waals surface area (Å²) >= 11 is 1.87. The lowest BCUT2D eigenvalue weighted by molar-refractivity contribution is -0.137. The van der Waals surface area contributed by atoms with Gasteiger partial charge in [0.15, 0.2) is 0 Å². The van der Waals surface area contributed by atoms with Crippen LogP contribution in [0.4, 0.5) is 13.2 Å². The summed E-state index contributed by atoms with van der Waals surface area (Å²) in [5.74, 6) is 0.909. The molecule has 1 aromatic rings. The maximum atomic E-state index is 12.5. The number of alkyl halides is 3. The lowest BCUT2D eigenvalue weighted by atomic mass is 10.1. The van der Waals surface area contributed by atoms with Crippen LogP contribution in [0, 0.1) is 0 Å². The molecule has 0 amide bonds. The van der Waals surface area contributed by atoms with E-state index in [2.05, 4.69) is 12.2 Å². The monoisotopic (exact) mass is 275 g/mol. The van der Waals surface area contributed by atoms with Crippen molar-refractivity contribution in [3.63, 3.8) is 0 Å². The Balaban J connectivity index is 2.09. The van der Waals surface area contributed by atoms with Crippen LogP contribution in [-0.2, 0) is 6.18 Å². The van der Waals surface area contributed by atoms with Crippen molar-refractivity contribution in [3.05, 3.63) is 35.4 Å². The summed E-state index contributed by atoms with van der Waals surface area (Å²) in [5.41, 5.74) is 0.352. The lowest BCUT2D eigenvalue weighted by Gasteiger charge is -2.16. The molecule has 1 N–H and O–H groups in total. The Kier molecular flexibility index (Phi) is 4.22. The SMILES string of the molecule is CC1CCNC(c2ccc(C(F)(F)F)cc2)CS1. The molecule has 18 heavy (non-hydrogen) atoms. The first-order valence-corrected chi connectivity index (χ1v) is 7.04. The van der Waals surface area contributed by atoms with Gasteiger partial charge in [-0.1, -0.05) is 19.1 Å². The average molecular weight is 275 g/mol. The van der Waals surface area contributed by atoms with Crippen molar-refractivity contribution in [2.75, 3.05) is 12.3 Å². The minimum Gasteiger partial charge on any atom is -0.309 e. The highest BCUT2D eigenvalue weighted by Gasteiger charge is 2.30. The second-order valence-electron chi connectivity index (χ2n) is 4.56. The van der Waals surface area contributed by atoms with Crippen molar-refractivity contribution in [1.82, 2.24) is 5.32 Å². The van der Waals surface area contributed by atoms with E-state index in [1.165, 1.54) is 0 Å². The standard InChI is InChI=1S/C13H16F3NS/c1-9-6-7-17-12(8-18-9)10-2-4-11(5-3-10)13(14,15)16/h2-5,9,12,17H,6-8H2,1H3. The smallest absolute Gasteiger partial charge is 0.309 e. The molecule has 0 aliphatic carbocycles. The normalized spacial score (nSPS) is 25.8. The largest absolute Gasteiger partial charge is 0.416 e. The summed E-state index contributed by atoms with van der Waals surface area (Å²) in [4.78, 5) is 0. The van der Waals surface area contributed by atoms with Crippen LogP contribution in [0.25, 0.3) is 0 Å². The zero-order valence-electron chi connectivity index (χ0n) is 10.1. The van der Waals surface area contributed by atoms with Crippen LogP contribution in [0.2, 0.25) is 0 Å². The van der Waals surface area contributed by atoms with E-state index in [1.54, 1.807) is 12.1 Å². The van der Waals surface area contributed by atoms with Gasteiger partial charge in [0.2, 0.25) is 0 Å². The predicted octanol–water partition coefficient (Wildman–Crippen LogP) is 3.86. The highest BCUT2D eigenvalue weighted by Crippen LogP contribution is 2.31. The highest BCUT2D eigenvalue weighted by molar-refractivity contribution is 7.99. The maximum absolute atomic E-state index is 12.5. The van der Waals surface area contributed by atoms with Crippen LogP contribution >= 0.6 is 11.8 Å². The molecule has 2 rings (SSSR count). The number of rotatable bonds is 1. The van der Waals surface area contributed by atoms with Gasteiger partial charge >= 0.3 is 6.18 Å². The molecule has 1 nitrogen and oxygen atoms in total. The molecular weight excluding hydrogens is 259 g/mol. The molecule has 1 heterocycles. The fraction of sp³-hybridized carbons (Fsp3) is 0.538. The van der Waals surface area contributed by atoms with Gasteiger partial charge in [0.25, 0.3) is 0 Å². The summed E-state index contributed by atoms with van der Waals surface area (Å²) in [6, 6.07) is 5.64. The van der Waals surface area contributed by atoms with Gasteiger partial charge in [-0.25, -0.2) is 0 Å². The quantitative estimate of drug-likeness (QED) is 0.835. The van der Waals surface area contributed by atoms with Gasteiger partial charge in [-0.2, -0.15) is 24.9 Å². The highest BCUT2D eigenvalue weighted by atomic mass is 32.2. The van der Waals surface area contributed by atoms with Gasteiger partial charge in [-0.05, 0) is 30.7 Å². The molecule has 0 bridgehead atoms. The van der Waals surface area contributed by atoms with Crippen molar-refractivity contribution < 1.29 is 13.2 Å². The summed E-state index contributed by atoms with van der Waals surface area (Å²) in [7, 11) is 0. The Morgan fingerprint density at radius 3 is 2.50 bits per heavy atom. The van der Waals surface area contributed by atoms with Crippen molar-refractivity contribution in [2.24, 2.45) is 0 Å². The van der Waals surface area contributed by atoms with Crippen LogP contribution in [0.1, 0.15) is 30.5 Å². The molecule has 0 aromatic heterocycles. The number of halogens is 3. The molecule has 1 aromatic carbocycles. The Morgan fingerprint density at radius 2 is 1.89 bits per heavy atom. The molecule has 1 aliphatic rings. The average Bonchev–Trinajstić information content (AvgIpc) is 2.53. The Labute approximate surface area is 109 Å². The van der Waals surface area contributed by atoms with E-state index < -0.39 is 11.7 Å².